The van der Waals surface area contributed by atoms with E-state index in [0.29, 0.717) is 38.9 Å². The first-order valence-electron chi connectivity index (χ1n) is 13.9. The number of pyridine rings is 1. The molecular formula is C33H37BrN4O2. The molecule has 7 heteroatoms. The molecule has 3 aromatic carbocycles. The molecule has 0 spiro atoms. The number of rotatable bonds is 9. The van der Waals surface area contributed by atoms with Gasteiger partial charge in [0.2, 0.25) is 5.91 Å². The quantitative estimate of drug-likeness (QED) is 0.266. The molecule has 208 valence electrons. The molecule has 0 aliphatic carbocycles. The van der Waals surface area contributed by atoms with Crippen LogP contribution in [-0.4, -0.2) is 54.6 Å². The van der Waals surface area contributed by atoms with Gasteiger partial charge < -0.3 is 20.6 Å². The van der Waals surface area contributed by atoms with E-state index in [1.165, 1.54) is 5.56 Å². The number of carbonyl (C=O) groups is 1. The number of aromatic nitrogens is 1. The second kappa shape index (κ2) is 12.1. The van der Waals surface area contributed by atoms with Crippen LogP contribution in [0.15, 0.2) is 83.3 Å². The molecule has 5 rings (SSSR count). The molecule has 0 radical (unpaired) electrons. The molecule has 1 aromatic heterocycles. The Morgan fingerprint density at radius 3 is 2.33 bits per heavy atom. The van der Waals surface area contributed by atoms with Crippen LogP contribution in [0.3, 0.4) is 0 Å². The van der Waals surface area contributed by atoms with Crippen LogP contribution in [0.4, 0.5) is 5.82 Å². The molecule has 3 N–H and O–H groups in total. The molecule has 0 saturated carbocycles. The summed E-state index contributed by atoms with van der Waals surface area (Å²) in [5.41, 5.74) is 9.14. The summed E-state index contributed by atoms with van der Waals surface area (Å²) in [6, 6.07) is 26.6. The van der Waals surface area contributed by atoms with Crippen LogP contribution in [0.5, 0.6) is 0 Å². The van der Waals surface area contributed by atoms with Gasteiger partial charge in [-0.3, -0.25) is 4.79 Å². The van der Waals surface area contributed by atoms with Crippen LogP contribution >= 0.6 is 15.9 Å². The van der Waals surface area contributed by atoms with Gasteiger partial charge in [-0.1, -0.05) is 76.6 Å². The number of nitrogens with zero attached hydrogens (tertiary/aromatic N) is 3. The van der Waals surface area contributed by atoms with E-state index in [1.54, 1.807) is 0 Å². The van der Waals surface area contributed by atoms with Crippen molar-refractivity contribution in [2.45, 2.75) is 31.3 Å². The molecule has 1 atom stereocenters. The van der Waals surface area contributed by atoms with Gasteiger partial charge in [-0.15, -0.1) is 0 Å². The summed E-state index contributed by atoms with van der Waals surface area (Å²) >= 11 is 3.73. The third-order valence-corrected chi connectivity index (χ3v) is 8.45. The summed E-state index contributed by atoms with van der Waals surface area (Å²) in [5.74, 6) is 0.581. The van der Waals surface area contributed by atoms with Gasteiger partial charge in [0, 0.05) is 47.4 Å². The third-order valence-electron chi connectivity index (χ3n) is 7.99. The topological polar surface area (TPSA) is 82.7 Å². The van der Waals surface area contributed by atoms with Gasteiger partial charge in [-0.2, -0.15) is 0 Å². The lowest BCUT2D eigenvalue weighted by Gasteiger charge is -2.34. The number of hydrogen-bond acceptors (Lipinski definition) is 5. The van der Waals surface area contributed by atoms with Crippen LogP contribution in [0.25, 0.3) is 10.9 Å². The summed E-state index contributed by atoms with van der Waals surface area (Å²) < 4.78 is 0.900. The average molecular weight is 602 g/mol. The Morgan fingerprint density at radius 2 is 1.70 bits per heavy atom. The summed E-state index contributed by atoms with van der Waals surface area (Å²) in [6.07, 6.45) is 2.68. The number of halogens is 1. The van der Waals surface area contributed by atoms with Crippen molar-refractivity contribution in [3.8, 4) is 0 Å². The highest BCUT2D eigenvalue weighted by Crippen LogP contribution is 2.40. The van der Waals surface area contributed by atoms with E-state index in [2.05, 4.69) is 62.1 Å². The number of amides is 1. The number of aliphatic hydroxyl groups is 1. The predicted octanol–water partition coefficient (Wildman–Crippen LogP) is 5.48. The molecular weight excluding hydrogens is 564 g/mol. The molecule has 6 nitrogen and oxygen atoms in total. The molecule has 2 heterocycles. The molecule has 0 bridgehead atoms. The predicted molar refractivity (Wildman–Crippen MR) is 165 cm³/mol. The van der Waals surface area contributed by atoms with Crippen molar-refractivity contribution in [3.05, 3.63) is 106 Å². The smallest absolute Gasteiger partial charge is 0.220 e. The molecule has 1 unspecified atom stereocenters. The van der Waals surface area contributed by atoms with Crippen molar-refractivity contribution < 1.29 is 9.90 Å². The van der Waals surface area contributed by atoms with Crippen molar-refractivity contribution >= 4 is 38.6 Å². The number of nitrogens with two attached hydrogens (primary N) is 1. The van der Waals surface area contributed by atoms with E-state index < -0.39 is 5.60 Å². The molecule has 1 aliphatic rings. The fourth-order valence-electron chi connectivity index (χ4n) is 5.73. The molecule has 1 saturated heterocycles. The average Bonchev–Trinajstić information content (AvgIpc) is 2.96. The van der Waals surface area contributed by atoms with Crippen LogP contribution in [0, 0.1) is 5.92 Å². The van der Waals surface area contributed by atoms with Crippen molar-refractivity contribution in [1.82, 2.24) is 9.88 Å². The fourth-order valence-corrected chi connectivity index (χ4v) is 6.21. The molecule has 1 aliphatic heterocycles. The van der Waals surface area contributed by atoms with Crippen molar-refractivity contribution in [2.24, 2.45) is 11.7 Å². The molecule has 1 amide bonds. The van der Waals surface area contributed by atoms with Crippen LogP contribution in [0.1, 0.15) is 41.5 Å². The summed E-state index contributed by atoms with van der Waals surface area (Å²) in [5, 5.41) is 13.5. The number of anilines is 1. The van der Waals surface area contributed by atoms with Crippen LogP contribution in [0.2, 0.25) is 0 Å². The number of piperidine rings is 1. The Labute approximate surface area is 245 Å². The molecule has 40 heavy (non-hydrogen) atoms. The number of primary amides is 1. The van der Waals surface area contributed by atoms with E-state index in [-0.39, 0.29) is 11.8 Å². The molecule has 1 fully saturated rings. The first kappa shape index (κ1) is 28.3. The second-order valence-corrected chi connectivity index (χ2v) is 12.0. The zero-order chi connectivity index (χ0) is 28.3. The zero-order valence-corrected chi connectivity index (χ0v) is 24.8. The van der Waals surface area contributed by atoms with E-state index in [4.69, 9.17) is 10.7 Å². The van der Waals surface area contributed by atoms with E-state index in [9.17, 15) is 9.90 Å². The van der Waals surface area contributed by atoms with Gasteiger partial charge in [-0.25, -0.2) is 4.98 Å². The van der Waals surface area contributed by atoms with Gasteiger partial charge >= 0.3 is 0 Å². The summed E-state index contributed by atoms with van der Waals surface area (Å²) in [4.78, 5) is 21.6. The Balaban J connectivity index is 1.68. The first-order chi connectivity index (χ1) is 19.2. The standard InChI is InChI=1S/C33H37BrN4O2/c1-37(2)18-15-33(40,27-11-7-4-8-12-27)29-22-28(34)21-25-20-26(19-23-9-5-3-6-10-23)32(36-30(25)29)38-16-13-24(14-17-38)31(35)39/h3-12,20-22,24,40H,13-19H2,1-2H3,(H2,35,39). The normalized spacial score (nSPS) is 15.9. The Kier molecular flexibility index (Phi) is 8.54. The Hall–Kier alpha value is -3.26. The number of hydrogen-bond donors (Lipinski definition) is 2. The van der Waals surface area contributed by atoms with Crippen LogP contribution in [-0.2, 0) is 16.8 Å². The minimum atomic E-state index is -1.24. The van der Waals surface area contributed by atoms with Crippen LogP contribution < -0.4 is 10.6 Å². The second-order valence-electron chi connectivity index (χ2n) is 11.1. The summed E-state index contributed by atoms with van der Waals surface area (Å²) in [7, 11) is 4.04. The third kappa shape index (κ3) is 6.07. The van der Waals surface area contributed by atoms with Gasteiger partial charge in [0.1, 0.15) is 11.4 Å². The first-order valence-corrected chi connectivity index (χ1v) is 14.7. The zero-order valence-electron chi connectivity index (χ0n) is 23.2. The van der Waals surface area contributed by atoms with Gasteiger partial charge in [0.05, 0.1) is 5.52 Å². The number of benzene rings is 3. The van der Waals surface area contributed by atoms with Crippen molar-refractivity contribution in [2.75, 3.05) is 38.6 Å². The largest absolute Gasteiger partial charge is 0.380 e. The van der Waals surface area contributed by atoms with E-state index >= 15 is 0 Å². The number of carbonyl (C=O) groups excluding carboxylic acids is 1. The van der Waals surface area contributed by atoms with E-state index in [1.807, 2.05) is 56.6 Å². The fraction of sp³-hybridized carbons (Fsp3) is 0.333. The Bertz CT molecular complexity index is 1470. The Morgan fingerprint density at radius 1 is 1.05 bits per heavy atom. The van der Waals surface area contributed by atoms with E-state index in [0.717, 1.165) is 44.3 Å². The lowest BCUT2D eigenvalue weighted by molar-refractivity contribution is -0.122. The van der Waals surface area contributed by atoms with Gasteiger partial charge in [0.15, 0.2) is 0 Å². The number of fused-ring (bicyclic) bond motifs is 1. The van der Waals surface area contributed by atoms with Gasteiger partial charge in [-0.05, 0) is 68.2 Å². The lowest BCUT2D eigenvalue weighted by atomic mass is 9.82. The highest BCUT2D eigenvalue weighted by Gasteiger charge is 2.35. The maximum atomic E-state index is 12.5. The van der Waals surface area contributed by atoms with Gasteiger partial charge in [0.25, 0.3) is 0 Å². The van der Waals surface area contributed by atoms with Crippen molar-refractivity contribution in [3.63, 3.8) is 0 Å². The maximum Gasteiger partial charge on any atom is 0.220 e. The highest BCUT2D eigenvalue weighted by molar-refractivity contribution is 9.10. The maximum absolute atomic E-state index is 12.5. The highest BCUT2D eigenvalue weighted by atomic mass is 79.9. The minimum Gasteiger partial charge on any atom is -0.380 e. The lowest BCUT2D eigenvalue weighted by Crippen LogP contribution is -2.39. The summed E-state index contributed by atoms with van der Waals surface area (Å²) in [6.45, 7) is 2.13. The molecule has 4 aromatic rings. The monoisotopic (exact) mass is 600 g/mol. The minimum absolute atomic E-state index is 0.102. The van der Waals surface area contributed by atoms with Crippen molar-refractivity contribution in [1.29, 1.82) is 0 Å². The SMILES string of the molecule is CN(C)CCC(O)(c1ccccc1)c1cc(Br)cc2cc(Cc3ccccc3)c(N3CCC(C(N)=O)CC3)nc12.